The molecule has 2 fully saturated rings. The molecule has 118 valence electrons. The molecular weight excluding hydrogens is 302 g/mol. The van der Waals surface area contributed by atoms with E-state index in [0.717, 1.165) is 12.8 Å². The summed E-state index contributed by atoms with van der Waals surface area (Å²) in [5.74, 6) is -0.106. The Morgan fingerprint density at radius 2 is 2.09 bits per heavy atom. The van der Waals surface area contributed by atoms with Crippen LogP contribution in [-0.4, -0.2) is 38.5 Å². The number of rotatable bonds is 3. The molecule has 3 atom stereocenters. The van der Waals surface area contributed by atoms with E-state index >= 15 is 0 Å². The molecule has 0 bridgehead atoms. The number of likely N-dealkylation sites (tertiary alicyclic amines) is 1. The van der Waals surface area contributed by atoms with Gasteiger partial charge >= 0.3 is 6.09 Å². The summed E-state index contributed by atoms with van der Waals surface area (Å²) < 4.78 is 18.1. The lowest BCUT2D eigenvalue weighted by atomic mass is 10.2. The van der Waals surface area contributed by atoms with Crippen LogP contribution in [-0.2, 0) is 20.3 Å². The highest BCUT2D eigenvalue weighted by atomic mass is 32.2. The number of hydrogen-bond acceptors (Lipinski definition) is 4. The van der Waals surface area contributed by atoms with Gasteiger partial charge < -0.3 is 4.74 Å². The van der Waals surface area contributed by atoms with Crippen molar-refractivity contribution in [1.29, 1.82) is 0 Å². The Morgan fingerprint density at radius 3 is 2.77 bits per heavy atom. The number of hydrogen-bond donors (Lipinski definition) is 0. The molecule has 1 aliphatic heterocycles. The van der Waals surface area contributed by atoms with Gasteiger partial charge in [-0.05, 0) is 31.9 Å². The van der Waals surface area contributed by atoms with Crippen molar-refractivity contribution >= 4 is 22.7 Å². The number of carbonyl (C=O) groups excluding carboxylic acids is 2. The number of benzene rings is 1. The van der Waals surface area contributed by atoms with E-state index in [1.807, 2.05) is 6.07 Å². The molecule has 22 heavy (non-hydrogen) atoms. The summed E-state index contributed by atoms with van der Waals surface area (Å²) >= 11 is 0. The van der Waals surface area contributed by atoms with Gasteiger partial charge in [0.25, 0.3) is 0 Å². The van der Waals surface area contributed by atoms with Gasteiger partial charge in [0.2, 0.25) is 4.87 Å². The minimum absolute atomic E-state index is 0.106. The van der Waals surface area contributed by atoms with Crippen LogP contribution in [0.3, 0.4) is 0 Å². The van der Waals surface area contributed by atoms with E-state index in [-0.39, 0.29) is 18.4 Å². The molecular formula is C16H19NO4S. The van der Waals surface area contributed by atoms with Gasteiger partial charge in [-0.2, -0.15) is 0 Å². The van der Waals surface area contributed by atoms with Gasteiger partial charge in [0.1, 0.15) is 0 Å². The molecule has 0 aromatic heterocycles. The van der Waals surface area contributed by atoms with Crippen LogP contribution in [0.1, 0.15) is 32.6 Å². The molecule has 0 radical (unpaired) electrons. The van der Waals surface area contributed by atoms with E-state index in [4.69, 9.17) is 4.74 Å². The Kier molecular flexibility index (Phi) is 4.04. The molecule has 1 aromatic rings. The maximum absolute atomic E-state index is 13.1. The zero-order valence-electron chi connectivity index (χ0n) is 12.5. The topological polar surface area (TPSA) is 63.5 Å². The van der Waals surface area contributed by atoms with Crippen molar-refractivity contribution in [2.24, 2.45) is 0 Å². The van der Waals surface area contributed by atoms with E-state index in [1.54, 1.807) is 31.2 Å². The Bertz CT molecular complexity index is 618. The molecule has 1 aliphatic carbocycles. The minimum Gasteiger partial charge on any atom is -0.450 e. The summed E-state index contributed by atoms with van der Waals surface area (Å²) in [6.45, 7) is 1.96. The molecule has 6 heteroatoms. The lowest BCUT2D eigenvalue weighted by Crippen LogP contribution is -2.37. The minimum atomic E-state index is -1.58. The fraction of sp³-hybridized carbons (Fsp3) is 0.500. The summed E-state index contributed by atoms with van der Waals surface area (Å²) in [5, 5.41) is 0. The fourth-order valence-corrected chi connectivity index (χ4v) is 5.14. The monoisotopic (exact) mass is 321 g/mol. The number of fused-ring (bicyclic) bond motifs is 1. The standard InChI is InChI=1S/C16H19NO4S/c1-2-21-15(19)17-13-10-6-7-11-14(18)16(13,17)22(20)12-8-4-3-5-9-12/h3-5,8-9,13H,2,6-7,10-11H2,1H3/t13-,16+,17?,22?/m1/s1. The second kappa shape index (κ2) is 5.83. The molecule has 2 aliphatic rings. The summed E-state index contributed by atoms with van der Waals surface area (Å²) in [5.41, 5.74) is 0. The first-order valence-corrected chi connectivity index (χ1v) is 8.75. The number of nitrogens with zero attached hydrogens (tertiary/aromatic N) is 1. The van der Waals surface area contributed by atoms with Crippen LogP contribution >= 0.6 is 0 Å². The van der Waals surface area contributed by atoms with Crippen LogP contribution in [0.15, 0.2) is 35.2 Å². The van der Waals surface area contributed by atoms with Crippen molar-refractivity contribution in [2.45, 2.75) is 48.4 Å². The Hall–Kier alpha value is -1.69. The van der Waals surface area contributed by atoms with Gasteiger partial charge in [0, 0.05) is 11.3 Å². The van der Waals surface area contributed by atoms with Crippen molar-refractivity contribution < 1.29 is 18.5 Å². The smallest absolute Gasteiger partial charge is 0.411 e. The molecule has 1 heterocycles. The molecule has 5 nitrogen and oxygen atoms in total. The summed E-state index contributed by atoms with van der Waals surface area (Å²) in [6.07, 6.45) is 2.18. The number of ketones is 1. The van der Waals surface area contributed by atoms with E-state index in [2.05, 4.69) is 0 Å². The highest BCUT2D eigenvalue weighted by molar-refractivity contribution is 7.87. The number of Topliss-reactive ketones (excluding diaryl/α,β-unsaturated/α-hetero) is 1. The molecule has 0 spiro atoms. The fourth-order valence-electron chi connectivity index (χ4n) is 3.27. The molecule has 1 aromatic carbocycles. The molecule has 1 unspecified atom stereocenters. The largest absolute Gasteiger partial charge is 0.450 e. The first kappa shape index (κ1) is 15.2. The predicted octanol–water partition coefficient (Wildman–Crippen LogP) is 2.47. The second-order valence-corrected chi connectivity index (χ2v) is 7.16. The molecule has 1 saturated carbocycles. The third-order valence-electron chi connectivity index (χ3n) is 4.29. The van der Waals surface area contributed by atoms with Gasteiger partial charge in [-0.15, -0.1) is 0 Å². The molecule has 1 saturated heterocycles. The van der Waals surface area contributed by atoms with E-state index < -0.39 is 21.8 Å². The van der Waals surface area contributed by atoms with Gasteiger partial charge in [-0.1, -0.05) is 24.6 Å². The first-order chi connectivity index (χ1) is 10.6. The van der Waals surface area contributed by atoms with Crippen LogP contribution in [0.4, 0.5) is 4.79 Å². The maximum atomic E-state index is 13.1. The van der Waals surface area contributed by atoms with Crippen LogP contribution in [0.25, 0.3) is 0 Å². The molecule has 3 rings (SSSR count). The Labute approximate surface area is 132 Å². The highest BCUT2D eigenvalue weighted by Crippen LogP contribution is 2.52. The summed E-state index contributed by atoms with van der Waals surface area (Å²) in [6, 6.07) is 8.58. The van der Waals surface area contributed by atoms with Crippen molar-refractivity contribution in [3.63, 3.8) is 0 Å². The number of ether oxygens (including phenoxy) is 1. The SMILES string of the molecule is CCOC(=O)N1[C@@H]2CCCCC(=O)[C@@]21S(=O)c1ccccc1. The average molecular weight is 321 g/mol. The average Bonchev–Trinajstić information content (AvgIpc) is 3.23. The zero-order valence-corrected chi connectivity index (χ0v) is 13.3. The quantitative estimate of drug-likeness (QED) is 0.802. The number of carbonyl (C=O) groups is 2. The third kappa shape index (κ3) is 2.17. The van der Waals surface area contributed by atoms with Crippen LogP contribution < -0.4 is 0 Å². The van der Waals surface area contributed by atoms with E-state index in [0.29, 0.717) is 17.7 Å². The van der Waals surface area contributed by atoms with E-state index in [9.17, 15) is 13.8 Å². The van der Waals surface area contributed by atoms with Gasteiger partial charge in [0.05, 0.1) is 23.4 Å². The summed E-state index contributed by atoms with van der Waals surface area (Å²) in [7, 11) is -1.58. The lowest BCUT2D eigenvalue weighted by molar-refractivity contribution is -0.120. The lowest BCUT2D eigenvalue weighted by Gasteiger charge is -2.15. The van der Waals surface area contributed by atoms with Gasteiger partial charge in [0.15, 0.2) is 5.78 Å². The van der Waals surface area contributed by atoms with Crippen LogP contribution in [0.2, 0.25) is 0 Å². The van der Waals surface area contributed by atoms with Crippen molar-refractivity contribution in [1.82, 2.24) is 4.90 Å². The third-order valence-corrected chi connectivity index (χ3v) is 6.25. The highest BCUT2D eigenvalue weighted by Gasteiger charge is 2.74. The van der Waals surface area contributed by atoms with Crippen molar-refractivity contribution in [3.8, 4) is 0 Å². The van der Waals surface area contributed by atoms with E-state index in [1.165, 1.54) is 4.90 Å². The number of amides is 1. The first-order valence-electron chi connectivity index (χ1n) is 7.60. The zero-order chi connectivity index (χ0) is 15.7. The Balaban J connectivity index is 1.99. The normalized spacial score (nSPS) is 28.5. The second-order valence-electron chi connectivity index (χ2n) is 5.53. The molecule has 1 amide bonds. The maximum Gasteiger partial charge on any atom is 0.411 e. The van der Waals surface area contributed by atoms with Gasteiger partial charge in [-0.25, -0.2) is 4.79 Å². The predicted molar refractivity (Wildman–Crippen MR) is 81.7 cm³/mol. The molecule has 0 N–H and O–H groups in total. The van der Waals surface area contributed by atoms with Crippen LogP contribution in [0.5, 0.6) is 0 Å². The van der Waals surface area contributed by atoms with Gasteiger partial charge in [-0.3, -0.25) is 13.9 Å². The summed E-state index contributed by atoms with van der Waals surface area (Å²) in [4.78, 5) is 25.6. The Morgan fingerprint density at radius 1 is 1.36 bits per heavy atom. The van der Waals surface area contributed by atoms with Crippen molar-refractivity contribution in [3.05, 3.63) is 30.3 Å². The van der Waals surface area contributed by atoms with Crippen molar-refractivity contribution in [2.75, 3.05) is 6.61 Å². The van der Waals surface area contributed by atoms with Crippen LogP contribution in [0, 0.1) is 0 Å².